The van der Waals surface area contributed by atoms with E-state index in [1.54, 1.807) is 18.4 Å². The highest BCUT2D eigenvalue weighted by Gasteiger charge is 2.21. The van der Waals surface area contributed by atoms with Gasteiger partial charge in [0.1, 0.15) is 0 Å². The maximum absolute atomic E-state index is 12.7. The van der Waals surface area contributed by atoms with Gasteiger partial charge in [0, 0.05) is 55.9 Å². The molecule has 0 aliphatic carbocycles. The van der Waals surface area contributed by atoms with Crippen LogP contribution in [0.5, 0.6) is 0 Å². The fourth-order valence-electron chi connectivity index (χ4n) is 3.13. The lowest BCUT2D eigenvalue weighted by molar-refractivity contribution is -0.133. The minimum Gasteiger partial charge on any atom is -0.383 e. The van der Waals surface area contributed by atoms with Crippen LogP contribution in [0.1, 0.15) is 32.9 Å². The summed E-state index contributed by atoms with van der Waals surface area (Å²) < 4.78 is 7.35. The average Bonchev–Trinajstić information content (AvgIpc) is 3.22. The molecule has 1 amide bonds. The molecule has 0 bridgehead atoms. The topological polar surface area (TPSA) is 46.8 Å². The maximum atomic E-state index is 12.7. The first-order chi connectivity index (χ1) is 13.4. The quantitative estimate of drug-likeness (QED) is 0.560. The first-order valence-electron chi connectivity index (χ1n) is 9.65. The minimum absolute atomic E-state index is 0.0208. The van der Waals surface area contributed by atoms with Crippen molar-refractivity contribution in [3.05, 3.63) is 47.6 Å². The number of thiazole rings is 1. The summed E-state index contributed by atoms with van der Waals surface area (Å²) in [7, 11) is 1.67. The molecular weight excluding hydrogens is 370 g/mol. The average molecular weight is 400 g/mol. The largest absolute Gasteiger partial charge is 0.383 e. The zero-order valence-electron chi connectivity index (χ0n) is 17.1. The van der Waals surface area contributed by atoms with Gasteiger partial charge < -0.3 is 9.64 Å². The fourth-order valence-corrected chi connectivity index (χ4v) is 4.04. The van der Waals surface area contributed by atoms with Gasteiger partial charge in [0.15, 0.2) is 4.96 Å². The van der Waals surface area contributed by atoms with Crippen LogP contribution in [0.3, 0.4) is 0 Å². The summed E-state index contributed by atoms with van der Waals surface area (Å²) in [5.41, 5.74) is 3.26. The summed E-state index contributed by atoms with van der Waals surface area (Å²) in [6.45, 7) is 8.15. The van der Waals surface area contributed by atoms with E-state index >= 15 is 0 Å². The van der Waals surface area contributed by atoms with E-state index in [4.69, 9.17) is 9.72 Å². The van der Waals surface area contributed by atoms with Crippen molar-refractivity contribution < 1.29 is 9.53 Å². The summed E-state index contributed by atoms with van der Waals surface area (Å²) in [5, 5.41) is 2.14. The molecule has 1 aromatic carbocycles. The fraction of sp³-hybridized carbons (Fsp3) is 0.455. The number of imidazole rings is 1. The Kier molecular flexibility index (Phi) is 6.52. The molecule has 6 heteroatoms. The lowest BCUT2D eigenvalue weighted by Crippen LogP contribution is -2.37. The van der Waals surface area contributed by atoms with Crippen molar-refractivity contribution in [1.29, 1.82) is 0 Å². The van der Waals surface area contributed by atoms with Gasteiger partial charge in [-0.05, 0) is 5.41 Å². The number of amides is 1. The van der Waals surface area contributed by atoms with Crippen LogP contribution in [-0.4, -0.2) is 47.0 Å². The highest BCUT2D eigenvalue weighted by atomic mass is 32.1. The van der Waals surface area contributed by atoms with Gasteiger partial charge in [-0.3, -0.25) is 9.20 Å². The van der Waals surface area contributed by atoms with Crippen molar-refractivity contribution in [2.75, 3.05) is 26.8 Å². The summed E-state index contributed by atoms with van der Waals surface area (Å²) in [6, 6.07) is 10.2. The van der Waals surface area contributed by atoms with Gasteiger partial charge in [0.2, 0.25) is 5.91 Å². The highest BCUT2D eigenvalue weighted by molar-refractivity contribution is 7.15. The Balaban J connectivity index is 1.73. The van der Waals surface area contributed by atoms with Crippen molar-refractivity contribution in [2.45, 2.75) is 33.6 Å². The molecule has 0 aliphatic heterocycles. The van der Waals surface area contributed by atoms with Crippen LogP contribution in [0.25, 0.3) is 16.2 Å². The van der Waals surface area contributed by atoms with E-state index in [0.717, 1.165) is 22.6 Å². The zero-order valence-corrected chi connectivity index (χ0v) is 18.0. The number of hydrogen-bond donors (Lipinski definition) is 0. The Hall–Kier alpha value is -2.18. The number of rotatable bonds is 8. The van der Waals surface area contributed by atoms with Crippen LogP contribution in [0.4, 0.5) is 0 Å². The van der Waals surface area contributed by atoms with Gasteiger partial charge in [0.25, 0.3) is 0 Å². The van der Waals surface area contributed by atoms with Crippen molar-refractivity contribution >= 4 is 22.2 Å². The van der Waals surface area contributed by atoms with Gasteiger partial charge in [0.05, 0.1) is 12.3 Å². The van der Waals surface area contributed by atoms with Gasteiger partial charge in [-0.2, -0.15) is 0 Å². The van der Waals surface area contributed by atoms with E-state index in [9.17, 15) is 4.79 Å². The van der Waals surface area contributed by atoms with Gasteiger partial charge in [-0.25, -0.2) is 4.98 Å². The molecule has 2 heterocycles. The summed E-state index contributed by atoms with van der Waals surface area (Å²) in [4.78, 5) is 20.4. The molecule has 3 rings (SSSR count). The second kappa shape index (κ2) is 8.88. The number of fused-ring (bicyclic) bond motifs is 1. The van der Waals surface area contributed by atoms with Gasteiger partial charge in [-0.1, -0.05) is 51.1 Å². The van der Waals surface area contributed by atoms with Gasteiger partial charge >= 0.3 is 0 Å². The van der Waals surface area contributed by atoms with Crippen molar-refractivity contribution in [1.82, 2.24) is 14.3 Å². The predicted molar refractivity (Wildman–Crippen MR) is 115 cm³/mol. The second-order valence-electron chi connectivity index (χ2n) is 8.23. The molecule has 5 nitrogen and oxygen atoms in total. The van der Waals surface area contributed by atoms with E-state index in [0.29, 0.717) is 26.1 Å². The third kappa shape index (κ3) is 5.20. The lowest BCUT2D eigenvalue weighted by Gasteiger charge is -2.26. The molecule has 3 aromatic rings. The highest BCUT2D eigenvalue weighted by Crippen LogP contribution is 2.24. The molecule has 0 saturated heterocycles. The third-order valence-electron chi connectivity index (χ3n) is 4.59. The van der Waals surface area contributed by atoms with E-state index in [1.807, 2.05) is 23.1 Å². The Morgan fingerprint density at radius 3 is 2.64 bits per heavy atom. The van der Waals surface area contributed by atoms with E-state index in [-0.39, 0.29) is 11.3 Å². The monoisotopic (exact) mass is 399 g/mol. The smallest absolute Gasteiger partial charge is 0.223 e. The molecular formula is C22H29N3O2S. The SMILES string of the molecule is COCCN(CCc1csc2nc(-c3ccccc3)cn12)C(=O)CC(C)(C)C. The van der Waals surface area contributed by atoms with Crippen LogP contribution < -0.4 is 0 Å². The van der Waals surface area contributed by atoms with E-state index in [2.05, 4.69) is 48.9 Å². The second-order valence-corrected chi connectivity index (χ2v) is 9.07. The lowest BCUT2D eigenvalue weighted by atomic mass is 9.91. The molecule has 28 heavy (non-hydrogen) atoms. The van der Waals surface area contributed by atoms with Crippen molar-refractivity contribution in [3.8, 4) is 11.3 Å². The maximum Gasteiger partial charge on any atom is 0.223 e. The molecule has 0 spiro atoms. The standard InChI is InChI=1S/C22H29N3O2S/c1-22(2,3)14-20(26)24(12-13-27-4)11-10-18-16-28-21-23-19(15-25(18)21)17-8-6-5-7-9-17/h5-9,15-16H,10-14H2,1-4H3. The van der Waals surface area contributed by atoms with Crippen LogP contribution in [0, 0.1) is 5.41 Å². The molecule has 0 radical (unpaired) electrons. The molecule has 2 aromatic heterocycles. The molecule has 0 N–H and O–H groups in total. The van der Waals surface area contributed by atoms with Gasteiger partial charge in [-0.15, -0.1) is 11.3 Å². The van der Waals surface area contributed by atoms with Crippen LogP contribution >= 0.6 is 11.3 Å². The number of methoxy groups -OCH3 is 1. The summed E-state index contributed by atoms with van der Waals surface area (Å²) in [6.07, 6.45) is 3.43. The third-order valence-corrected chi connectivity index (χ3v) is 5.48. The Morgan fingerprint density at radius 1 is 1.21 bits per heavy atom. The van der Waals surface area contributed by atoms with Crippen LogP contribution in [0.2, 0.25) is 0 Å². The first-order valence-corrected chi connectivity index (χ1v) is 10.5. The van der Waals surface area contributed by atoms with Crippen LogP contribution in [0.15, 0.2) is 41.9 Å². The molecule has 150 valence electrons. The van der Waals surface area contributed by atoms with E-state index in [1.165, 1.54) is 5.69 Å². The Morgan fingerprint density at radius 2 is 1.96 bits per heavy atom. The number of ether oxygens (including phenoxy) is 1. The van der Waals surface area contributed by atoms with Crippen molar-refractivity contribution in [2.24, 2.45) is 5.41 Å². The molecule has 0 fully saturated rings. The molecule has 0 unspecified atom stereocenters. The number of hydrogen-bond acceptors (Lipinski definition) is 4. The molecule has 0 aliphatic rings. The molecule has 0 atom stereocenters. The van der Waals surface area contributed by atoms with Crippen LogP contribution in [-0.2, 0) is 16.0 Å². The Labute approximate surface area is 171 Å². The first kappa shape index (κ1) is 20.6. The summed E-state index contributed by atoms with van der Waals surface area (Å²) in [5.74, 6) is 0.187. The normalized spacial score (nSPS) is 11.9. The van der Waals surface area contributed by atoms with E-state index < -0.39 is 0 Å². The minimum atomic E-state index is -0.0208. The van der Waals surface area contributed by atoms with Crippen molar-refractivity contribution in [3.63, 3.8) is 0 Å². The molecule has 0 saturated carbocycles. The number of aromatic nitrogens is 2. The zero-order chi connectivity index (χ0) is 20.1. The predicted octanol–water partition coefficient (Wildman–Crippen LogP) is 4.52. The number of carbonyl (C=O) groups is 1. The number of benzene rings is 1. The summed E-state index contributed by atoms with van der Waals surface area (Å²) >= 11 is 1.64. The Bertz CT molecular complexity index is 909. The number of nitrogens with zero attached hydrogens (tertiary/aromatic N) is 3. The number of carbonyl (C=O) groups excluding carboxylic acids is 1.